The van der Waals surface area contributed by atoms with Crippen molar-refractivity contribution in [3.8, 4) is 10.4 Å². The zero-order valence-electron chi connectivity index (χ0n) is 8.87. The molecule has 0 saturated carbocycles. The van der Waals surface area contributed by atoms with Gasteiger partial charge in [-0.25, -0.2) is 0 Å². The summed E-state index contributed by atoms with van der Waals surface area (Å²) in [6.07, 6.45) is 0.546. The van der Waals surface area contributed by atoms with Crippen molar-refractivity contribution in [1.29, 1.82) is 0 Å². The van der Waals surface area contributed by atoms with Crippen molar-refractivity contribution in [1.82, 2.24) is 0 Å². The number of rotatable bonds is 3. The smallest absolute Gasteiger partial charge is 0.162 e. The van der Waals surface area contributed by atoms with E-state index >= 15 is 0 Å². The average molecular weight is 251 g/mol. The van der Waals surface area contributed by atoms with Crippen molar-refractivity contribution >= 4 is 28.7 Å². The monoisotopic (exact) mass is 250 g/mol. The van der Waals surface area contributed by atoms with E-state index in [1.807, 2.05) is 43.3 Å². The number of ketones is 1. The van der Waals surface area contributed by atoms with E-state index in [1.54, 1.807) is 11.3 Å². The maximum Gasteiger partial charge on any atom is 0.162 e. The number of carbonyl (C=O) groups excluding carboxylic acids is 1. The highest BCUT2D eigenvalue weighted by molar-refractivity contribution is 7.19. The molecule has 3 heteroatoms. The normalized spacial score (nSPS) is 10.4. The SMILES string of the molecule is CCC(=O)c1ccc(-c2ccc(Cl)s2)cc1. The molecule has 0 bridgehead atoms. The van der Waals surface area contributed by atoms with Gasteiger partial charge in [0.1, 0.15) is 0 Å². The quantitative estimate of drug-likeness (QED) is 0.724. The Morgan fingerprint density at radius 1 is 1.19 bits per heavy atom. The van der Waals surface area contributed by atoms with Crippen LogP contribution >= 0.6 is 22.9 Å². The average Bonchev–Trinajstić information content (AvgIpc) is 2.75. The van der Waals surface area contributed by atoms with E-state index < -0.39 is 0 Å². The molecular formula is C13H11ClOS. The Labute approximate surface area is 104 Å². The fourth-order valence-electron chi connectivity index (χ4n) is 1.49. The second-order valence-corrected chi connectivity index (χ2v) is 5.17. The predicted molar refractivity (Wildman–Crippen MR) is 69.4 cm³/mol. The van der Waals surface area contributed by atoms with Crippen LogP contribution in [0.2, 0.25) is 4.34 Å². The van der Waals surface area contributed by atoms with Crippen LogP contribution in [0.15, 0.2) is 36.4 Å². The molecule has 16 heavy (non-hydrogen) atoms. The highest BCUT2D eigenvalue weighted by Crippen LogP contribution is 2.30. The minimum Gasteiger partial charge on any atom is -0.294 e. The summed E-state index contributed by atoms with van der Waals surface area (Å²) in [6, 6.07) is 11.5. The Bertz CT molecular complexity index is 499. The number of thiophene rings is 1. The van der Waals surface area contributed by atoms with E-state index in [-0.39, 0.29) is 5.78 Å². The van der Waals surface area contributed by atoms with Gasteiger partial charge in [-0.05, 0) is 17.7 Å². The summed E-state index contributed by atoms with van der Waals surface area (Å²) >= 11 is 7.42. The molecule has 0 fully saturated rings. The maximum atomic E-state index is 11.4. The number of hydrogen-bond acceptors (Lipinski definition) is 2. The molecule has 0 aliphatic carbocycles. The first-order valence-electron chi connectivity index (χ1n) is 5.09. The summed E-state index contributed by atoms with van der Waals surface area (Å²) in [5.41, 5.74) is 1.87. The summed E-state index contributed by atoms with van der Waals surface area (Å²) in [7, 11) is 0. The van der Waals surface area contributed by atoms with Gasteiger partial charge < -0.3 is 0 Å². The van der Waals surface area contributed by atoms with Crippen LogP contribution in [-0.2, 0) is 0 Å². The Kier molecular flexibility index (Phi) is 3.42. The number of carbonyl (C=O) groups is 1. The van der Waals surface area contributed by atoms with Crippen LogP contribution in [0.4, 0.5) is 0 Å². The zero-order chi connectivity index (χ0) is 11.5. The molecule has 82 valence electrons. The molecule has 2 rings (SSSR count). The first-order valence-corrected chi connectivity index (χ1v) is 6.29. The topological polar surface area (TPSA) is 17.1 Å². The van der Waals surface area contributed by atoms with Crippen molar-refractivity contribution in [2.75, 3.05) is 0 Å². The predicted octanol–water partition coefficient (Wildman–Crippen LogP) is 4.66. The molecular weight excluding hydrogens is 240 g/mol. The Morgan fingerprint density at radius 3 is 2.38 bits per heavy atom. The molecule has 0 spiro atoms. The van der Waals surface area contributed by atoms with Crippen LogP contribution in [0.25, 0.3) is 10.4 Å². The fourth-order valence-corrected chi connectivity index (χ4v) is 2.54. The summed E-state index contributed by atoms with van der Waals surface area (Å²) in [4.78, 5) is 12.6. The lowest BCUT2D eigenvalue weighted by Crippen LogP contribution is -1.95. The number of benzene rings is 1. The minimum atomic E-state index is 0.177. The van der Waals surface area contributed by atoms with Crippen LogP contribution in [0.3, 0.4) is 0 Å². The molecule has 1 aromatic heterocycles. The molecule has 0 aliphatic rings. The molecule has 0 amide bonds. The molecule has 0 aliphatic heterocycles. The van der Waals surface area contributed by atoms with E-state index in [9.17, 15) is 4.79 Å². The molecule has 0 N–H and O–H groups in total. The molecule has 1 nitrogen and oxygen atoms in total. The van der Waals surface area contributed by atoms with Gasteiger partial charge in [0.15, 0.2) is 5.78 Å². The van der Waals surface area contributed by atoms with E-state index in [2.05, 4.69) is 0 Å². The van der Waals surface area contributed by atoms with Crippen molar-refractivity contribution in [2.24, 2.45) is 0 Å². The molecule has 0 saturated heterocycles. The summed E-state index contributed by atoms with van der Waals surface area (Å²) in [5, 5.41) is 0. The molecule has 1 aromatic carbocycles. The first-order chi connectivity index (χ1) is 7.70. The van der Waals surface area contributed by atoms with E-state index in [4.69, 9.17) is 11.6 Å². The second-order valence-electron chi connectivity index (χ2n) is 3.46. The van der Waals surface area contributed by atoms with Crippen LogP contribution in [0, 0.1) is 0 Å². The minimum absolute atomic E-state index is 0.177. The lowest BCUT2D eigenvalue weighted by Gasteiger charge is -2.00. The van der Waals surface area contributed by atoms with Crippen LogP contribution < -0.4 is 0 Å². The van der Waals surface area contributed by atoms with Crippen LogP contribution in [0.5, 0.6) is 0 Å². The van der Waals surface area contributed by atoms with Gasteiger partial charge in [0.25, 0.3) is 0 Å². The number of halogens is 1. The number of hydrogen-bond donors (Lipinski definition) is 0. The third kappa shape index (κ3) is 2.34. The van der Waals surface area contributed by atoms with Gasteiger partial charge in [0.05, 0.1) is 4.34 Å². The molecule has 0 atom stereocenters. The third-order valence-electron chi connectivity index (χ3n) is 2.39. The highest BCUT2D eigenvalue weighted by atomic mass is 35.5. The summed E-state index contributed by atoms with van der Waals surface area (Å²) in [6.45, 7) is 1.87. The molecule has 1 heterocycles. The fraction of sp³-hybridized carbons (Fsp3) is 0.154. The van der Waals surface area contributed by atoms with Gasteiger partial charge in [0, 0.05) is 16.9 Å². The van der Waals surface area contributed by atoms with Gasteiger partial charge in [-0.3, -0.25) is 4.79 Å². The highest BCUT2D eigenvalue weighted by Gasteiger charge is 2.04. The molecule has 0 unspecified atom stereocenters. The van der Waals surface area contributed by atoms with Gasteiger partial charge >= 0.3 is 0 Å². The molecule has 0 radical (unpaired) electrons. The van der Waals surface area contributed by atoms with Crippen LogP contribution in [0.1, 0.15) is 23.7 Å². The Hall–Kier alpha value is -1.12. The second kappa shape index (κ2) is 4.81. The maximum absolute atomic E-state index is 11.4. The van der Waals surface area contributed by atoms with Crippen molar-refractivity contribution in [2.45, 2.75) is 13.3 Å². The van der Waals surface area contributed by atoms with Gasteiger partial charge in [-0.1, -0.05) is 42.8 Å². The van der Waals surface area contributed by atoms with Gasteiger partial charge in [0.2, 0.25) is 0 Å². The summed E-state index contributed by atoms with van der Waals surface area (Å²) in [5.74, 6) is 0.177. The van der Waals surface area contributed by atoms with Gasteiger partial charge in [-0.15, -0.1) is 11.3 Å². The Balaban J connectivity index is 2.29. The van der Waals surface area contributed by atoms with Crippen molar-refractivity contribution in [3.05, 3.63) is 46.3 Å². The molecule has 2 aromatic rings. The third-order valence-corrected chi connectivity index (χ3v) is 3.67. The lowest BCUT2D eigenvalue weighted by molar-refractivity contribution is 0.0988. The van der Waals surface area contributed by atoms with Crippen molar-refractivity contribution in [3.63, 3.8) is 0 Å². The standard InChI is InChI=1S/C13H11ClOS/c1-2-11(15)9-3-5-10(6-4-9)12-7-8-13(14)16-12/h3-8H,2H2,1H3. The summed E-state index contributed by atoms with van der Waals surface area (Å²) < 4.78 is 0.781. The number of Topliss-reactive ketones (excluding diaryl/α,β-unsaturated/α-hetero) is 1. The Morgan fingerprint density at radius 2 is 1.88 bits per heavy atom. The van der Waals surface area contributed by atoms with E-state index in [0.717, 1.165) is 20.3 Å². The first kappa shape index (κ1) is 11.4. The van der Waals surface area contributed by atoms with E-state index in [1.165, 1.54) is 0 Å². The largest absolute Gasteiger partial charge is 0.294 e. The van der Waals surface area contributed by atoms with E-state index in [0.29, 0.717) is 6.42 Å². The van der Waals surface area contributed by atoms with Crippen molar-refractivity contribution < 1.29 is 4.79 Å². The lowest BCUT2D eigenvalue weighted by atomic mass is 10.1. The van der Waals surface area contributed by atoms with Crippen LogP contribution in [-0.4, -0.2) is 5.78 Å². The zero-order valence-corrected chi connectivity index (χ0v) is 10.4. The van der Waals surface area contributed by atoms with Gasteiger partial charge in [-0.2, -0.15) is 0 Å².